The molecule has 118 valence electrons. The molecule has 2 aliphatic rings. The maximum atomic E-state index is 12.3. The Hall–Kier alpha value is -0.210. The molecular formula is C13H28N4O2S. The summed E-state index contributed by atoms with van der Waals surface area (Å²) in [4.78, 5) is 2.44. The van der Waals surface area contributed by atoms with Crippen LogP contribution in [-0.4, -0.2) is 69.5 Å². The molecule has 6 nitrogen and oxygen atoms in total. The summed E-state index contributed by atoms with van der Waals surface area (Å²) in [6, 6.07) is 0.104. The SMILES string of the molecule is CCCCN1CCC(NS(=O)(=O)N2CCNCC2)CC1. The average Bonchev–Trinajstić information content (AvgIpc) is 2.47. The molecule has 0 unspecified atom stereocenters. The monoisotopic (exact) mass is 304 g/mol. The van der Waals surface area contributed by atoms with Gasteiger partial charge in [0.05, 0.1) is 0 Å². The quantitative estimate of drug-likeness (QED) is 0.724. The Morgan fingerprint density at radius 2 is 1.80 bits per heavy atom. The predicted octanol–water partition coefficient (Wildman–Crippen LogP) is -0.00950. The van der Waals surface area contributed by atoms with Crippen LogP contribution in [-0.2, 0) is 10.2 Å². The fraction of sp³-hybridized carbons (Fsp3) is 1.00. The molecule has 0 spiro atoms. The minimum Gasteiger partial charge on any atom is -0.314 e. The second-order valence-electron chi connectivity index (χ2n) is 5.74. The lowest BCUT2D eigenvalue weighted by atomic mass is 10.1. The van der Waals surface area contributed by atoms with Gasteiger partial charge in [-0.05, 0) is 38.9 Å². The first-order chi connectivity index (χ1) is 9.62. The van der Waals surface area contributed by atoms with Gasteiger partial charge < -0.3 is 10.2 Å². The summed E-state index contributed by atoms with van der Waals surface area (Å²) in [6.45, 7) is 8.01. The lowest BCUT2D eigenvalue weighted by Crippen LogP contribution is -2.54. The molecule has 2 saturated heterocycles. The number of nitrogens with zero attached hydrogens (tertiary/aromatic N) is 2. The Morgan fingerprint density at radius 3 is 2.40 bits per heavy atom. The zero-order chi connectivity index (χ0) is 14.4. The van der Waals surface area contributed by atoms with Crippen LogP contribution in [0, 0.1) is 0 Å². The summed E-state index contributed by atoms with van der Waals surface area (Å²) >= 11 is 0. The van der Waals surface area contributed by atoms with Gasteiger partial charge in [0.15, 0.2) is 0 Å². The van der Waals surface area contributed by atoms with E-state index in [9.17, 15) is 8.42 Å². The topological polar surface area (TPSA) is 64.7 Å². The van der Waals surface area contributed by atoms with Crippen molar-refractivity contribution in [3.8, 4) is 0 Å². The van der Waals surface area contributed by atoms with Crippen molar-refractivity contribution in [3.05, 3.63) is 0 Å². The van der Waals surface area contributed by atoms with Crippen molar-refractivity contribution in [1.82, 2.24) is 19.2 Å². The van der Waals surface area contributed by atoms with E-state index in [1.165, 1.54) is 12.8 Å². The summed E-state index contributed by atoms with van der Waals surface area (Å²) in [7, 11) is -3.29. The van der Waals surface area contributed by atoms with E-state index in [2.05, 4.69) is 21.9 Å². The third-order valence-corrected chi connectivity index (χ3v) is 5.82. The lowest BCUT2D eigenvalue weighted by molar-refractivity contribution is 0.203. The molecule has 2 aliphatic heterocycles. The van der Waals surface area contributed by atoms with E-state index < -0.39 is 10.2 Å². The molecule has 2 heterocycles. The van der Waals surface area contributed by atoms with Gasteiger partial charge in [0, 0.05) is 32.2 Å². The zero-order valence-corrected chi connectivity index (χ0v) is 13.3. The third-order valence-electron chi connectivity index (χ3n) is 4.15. The fourth-order valence-corrected chi connectivity index (χ4v) is 4.30. The molecule has 2 rings (SSSR count). The molecule has 7 heteroatoms. The average molecular weight is 304 g/mol. The summed E-state index contributed by atoms with van der Waals surface area (Å²) in [6.07, 6.45) is 4.30. The van der Waals surface area contributed by atoms with E-state index >= 15 is 0 Å². The second kappa shape index (κ2) is 7.70. The van der Waals surface area contributed by atoms with E-state index in [0.29, 0.717) is 13.1 Å². The maximum Gasteiger partial charge on any atom is 0.279 e. The van der Waals surface area contributed by atoms with Gasteiger partial charge in [-0.15, -0.1) is 0 Å². The Balaban J connectivity index is 1.76. The molecular weight excluding hydrogens is 276 g/mol. The van der Waals surface area contributed by atoms with Crippen molar-refractivity contribution in [2.45, 2.75) is 38.6 Å². The van der Waals surface area contributed by atoms with E-state index in [-0.39, 0.29) is 6.04 Å². The number of unbranched alkanes of at least 4 members (excludes halogenated alkanes) is 1. The van der Waals surface area contributed by atoms with Crippen molar-refractivity contribution in [2.75, 3.05) is 45.8 Å². The van der Waals surface area contributed by atoms with E-state index in [0.717, 1.165) is 45.6 Å². The zero-order valence-electron chi connectivity index (χ0n) is 12.5. The Bertz CT molecular complexity index is 374. The Morgan fingerprint density at radius 1 is 1.15 bits per heavy atom. The molecule has 0 amide bonds. The van der Waals surface area contributed by atoms with Gasteiger partial charge in [-0.25, -0.2) is 0 Å². The van der Waals surface area contributed by atoms with Crippen molar-refractivity contribution < 1.29 is 8.42 Å². The van der Waals surface area contributed by atoms with Crippen LogP contribution in [0.15, 0.2) is 0 Å². The minimum absolute atomic E-state index is 0.104. The second-order valence-corrected chi connectivity index (χ2v) is 7.44. The highest BCUT2D eigenvalue weighted by atomic mass is 32.2. The molecule has 0 aliphatic carbocycles. The Labute approximate surface area is 123 Å². The van der Waals surface area contributed by atoms with Crippen molar-refractivity contribution in [1.29, 1.82) is 0 Å². The summed E-state index contributed by atoms with van der Waals surface area (Å²) in [5.41, 5.74) is 0. The van der Waals surface area contributed by atoms with E-state index in [1.54, 1.807) is 4.31 Å². The highest BCUT2D eigenvalue weighted by molar-refractivity contribution is 7.87. The standard InChI is InChI=1S/C13H28N4O2S/c1-2-3-8-16-9-4-13(5-10-16)15-20(18,19)17-11-6-14-7-12-17/h13-15H,2-12H2,1H3. The van der Waals surface area contributed by atoms with Gasteiger partial charge in [0.25, 0.3) is 10.2 Å². The van der Waals surface area contributed by atoms with Gasteiger partial charge in [-0.2, -0.15) is 17.4 Å². The van der Waals surface area contributed by atoms with Crippen LogP contribution in [0.4, 0.5) is 0 Å². The number of nitrogens with one attached hydrogen (secondary N) is 2. The van der Waals surface area contributed by atoms with Gasteiger partial charge in [0.1, 0.15) is 0 Å². The lowest BCUT2D eigenvalue weighted by Gasteiger charge is -2.34. The first-order valence-corrected chi connectivity index (χ1v) is 9.26. The summed E-state index contributed by atoms with van der Waals surface area (Å²) in [5.74, 6) is 0. The first-order valence-electron chi connectivity index (χ1n) is 7.82. The molecule has 2 fully saturated rings. The van der Waals surface area contributed by atoms with Gasteiger partial charge in [-0.3, -0.25) is 0 Å². The number of piperazine rings is 1. The summed E-state index contributed by atoms with van der Waals surface area (Å²) in [5, 5.41) is 3.18. The van der Waals surface area contributed by atoms with Crippen LogP contribution in [0.2, 0.25) is 0 Å². The van der Waals surface area contributed by atoms with Crippen LogP contribution in [0.1, 0.15) is 32.6 Å². The number of piperidine rings is 1. The van der Waals surface area contributed by atoms with Crippen LogP contribution < -0.4 is 10.0 Å². The van der Waals surface area contributed by atoms with Crippen molar-refractivity contribution in [3.63, 3.8) is 0 Å². The van der Waals surface area contributed by atoms with Crippen molar-refractivity contribution >= 4 is 10.2 Å². The molecule has 0 atom stereocenters. The third kappa shape index (κ3) is 4.66. The Kier molecular flexibility index (Phi) is 6.22. The predicted molar refractivity (Wildman–Crippen MR) is 80.9 cm³/mol. The number of hydrogen-bond acceptors (Lipinski definition) is 4. The molecule has 2 N–H and O–H groups in total. The van der Waals surface area contributed by atoms with Crippen LogP contribution in [0.25, 0.3) is 0 Å². The highest BCUT2D eigenvalue weighted by Gasteiger charge is 2.28. The maximum absolute atomic E-state index is 12.3. The molecule has 0 aromatic heterocycles. The largest absolute Gasteiger partial charge is 0.314 e. The highest BCUT2D eigenvalue weighted by Crippen LogP contribution is 2.13. The van der Waals surface area contributed by atoms with E-state index in [4.69, 9.17) is 0 Å². The van der Waals surface area contributed by atoms with Crippen LogP contribution in [0.3, 0.4) is 0 Å². The van der Waals surface area contributed by atoms with Crippen LogP contribution in [0.5, 0.6) is 0 Å². The van der Waals surface area contributed by atoms with Gasteiger partial charge in [-0.1, -0.05) is 13.3 Å². The van der Waals surface area contributed by atoms with Crippen molar-refractivity contribution in [2.24, 2.45) is 0 Å². The van der Waals surface area contributed by atoms with E-state index in [1.807, 2.05) is 0 Å². The smallest absolute Gasteiger partial charge is 0.279 e. The molecule has 0 radical (unpaired) electrons. The minimum atomic E-state index is -3.29. The first kappa shape index (κ1) is 16.2. The molecule has 20 heavy (non-hydrogen) atoms. The molecule has 0 saturated carbocycles. The van der Waals surface area contributed by atoms with Gasteiger partial charge in [0.2, 0.25) is 0 Å². The fourth-order valence-electron chi connectivity index (χ4n) is 2.83. The number of likely N-dealkylation sites (tertiary alicyclic amines) is 1. The van der Waals surface area contributed by atoms with Gasteiger partial charge >= 0.3 is 0 Å². The van der Waals surface area contributed by atoms with Crippen LogP contribution >= 0.6 is 0 Å². The normalized spacial score (nSPS) is 24.1. The number of rotatable bonds is 6. The summed E-state index contributed by atoms with van der Waals surface area (Å²) < 4.78 is 29.0. The molecule has 0 aromatic rings. The molecule has 0 aromatic carbocycles. The number of hydrogen-bond donors (Lipinski definition) is 2. The molecule has 0 bridgehead atoms.